The van der Waals surface area contributed by atoms with Crippen molar-refractivity contribution in [2.75, 3.05) is 13.2 Å². The summed E-state index contributed by atoms with van der Waals surface area (Å²) >= 11 is 0. The third-order valence-corrected chi connectivity index (χ3v) is 14.3. The smallest absolute Gasteiger partial charge is 0.306 e. The van der Waals surface area contributed by atoms with E-state index in [1.165, 1.54) is 212 Å². The molecule has 0 spiro atoms. The summed E-state index contributed by atoms with van der Waals surface area (Å²) in [6.45, 7) is 6.64. The van der Waals surface area contributed by atoms with Crippen LogP contribution in [0.25, 0.3) is 0 Å². The van der Waals surface area contributed by atoms with Gasteiger partial charge >= 0.3 is 17.9 Å². The molecule has 426 valence electrons. The number of hydrogen-bond acceptors (Lipinski definition) is 6. The number of unbranched alkanes of at least 4 members (excludes halogenated alkanes) is 40. The van der Waals surface area contributed by atoms with Crippen LogP contribution in [0.2, 0.25) is 0 Å². The van der Waals surface area contributed by atoms with Crippen LogP contribution < -0.4 is 0 Å². The monoisotopic (exact) mass is 1020 g/mol. The second kappa shape index (κ2) is 61.9. The van der Waals surface area contributed by atoms with E-state index < -0.39 is 6.10 Å². The number of rotatable bonds is 59. The second-order valence-electron chi connectivity index (χ2n) is 21.7. The number of ether oxygens (including phenoxy) is 3. The molecule has 0 aromatic carbocycles. The fraction of sp³-hybridized carbons (Fsp3) is 0.836. The molecular weight excluding hydrogens is 901 g/mol. The fourth-order valence-corrected chi connectivity index (χ4v) is 9.45. The first-order chi connectivity index (χ1) is 36.0. The molecule has 0 saturated heterocycles. The first-order valence-corrected chi connectivity index (χ1v) is 32.1. The molecule has 0 saturated carbocycles. The molecule has 1 unspecified atom stereocenters. The van der Waals surface area contributed by atoms with Gasteiger partial charge in [-0.25, -0.2) is 0 Å². The van der Waals surface area contributed by atoms with Crippen LogP contribution in [0, 0.1) is 0 Å². The van der Waals surface area contributed by atoms with Crippen molar-refractivity contribution in [3.63, 3.8) is 0 Å². The Labute approximate surface area is 454 Å². The zero-order valence-electron chi connectivity index (χ0n) is 48.9. The summed E-state index contributed by atoms with van der Waals surface area (Å²) in [5.41, 5.74) is 0. The quantitative estimate of drug-likeness (QED) is 0.0261. The van der Waals surface area contributed by atoms with Crippen molar-refractivity contribution < 1.29 is 28.6 Å². The van der Waals surface area contributed by atoms with Crippen molar-refractivity contribution in [2.24, 2.45) is 0 Å². The topological polar surface area (TPSA) is 78.9 Å². The second-order valence-corrected chi connectivity index (χ2v) is 21.7. The number of esters is 3. The molecule has 0 rings (SSSR count). The lowest BCUT2D eigenvalue weighted by atomic mass is 10.0. The van der Waals surface area contributed by atoms with Crippen LogP contribution >= 0.6 is 0 Å². The molecule has 0 aliphatic rings. The molecule has 0 radical (unpaired) electrons. The van der Waals surface area contributed by atoms with Gasteiger partial charge in [-0.05, 0) is 83.5 Å². The van der Waals surface area contributed by atoms with Gasteiger partial charge in [0.25, 0.3) is 0 Å². The van der Waals surface area contributed by atoms with Crippen LogP contribution in [0.3, 0.4) is 0 Å². The number of allylic oxidation sites excluding steroid dienone is 8. The van der Waals surface area contributed by atoms with Crippen LogP contribution in [0.15, 0.2) is 48.6 Å². The van der Waals surface area contributed by atoms with Gasteiger partial charge < -0.3 is 14.2 Å². The lowest BCUT2D eigenvalue weighted by Gasteiger charge is -2.18. The fourth-order valence-electron chi connectivity index (χ4n) is 9.45. The lowest BCUT2D eigenvalue weighted by Crippen LogP contribution is -2.30. The van der Waals surface area contributed by atoms with E-state index in [1.807, 2.05) is 0 Å². The summed E-state index contributed by atoms with van der Waals surface area (Å²) < 4.78 is 16.9. The highest BCUT2D eigenvalue weighted by atomic mass is 16.6. The van der Waals surface area contributed by atoms with Crippen LogP contribution in [-0.4, -0.2) is 37.2 Å². The summed E-state index contributed by atoms with van der Waals surface area (Å²) in [4.78, 5) is 38.3. The summed E-state index contributed by atoms with van der Waals surface area (Å²) in [6.07, 6.45) is 76.8. The minimum absolute atomic E-state index is 0.0776. The molecule has 73 heavy (non-hydrogen) atoms. The summed E-state index contributed by atoms with van der Waals surface area (Å²) in [6, 6.07) is 0. The van der Waals surface area contributed by atoms with E-state index in [9.17, 15) is 14.4 Å². The van der Waals surface area contributed by atoms with Crippen molar-refractivity contribution in [3.8, 4) is 0 Å². The van der Waals surface area contributed by atoms with E-state index in [1.54, 1.807) is 0 Å². The number of hydrogen-bond donors (Lipinski definition) is 0. The number of carbonyl (C=O) groups is 3. The molecular formula is C67H122O6. The summed E-state index contributed by atoms with van der Waals surface area (Å²) in [7, 11) is 0. The average Bonchev–Trinajstić information content (AvgIpc) is 3.39. The van der Waals surface area contributed by atoms with Gasteiger partial charge in [0.05, 0.1) is 0 Å². The van der Waals surface area contributed by atoms with Gasteiger partial charge in [-0.2, -0.15) is 0 Å². The lowest BCUT2D eigenvalue weighted by molar-refractivity contribution is -0.167. The molecule has 0 aliphatic carbocycles. The highest BCUT2D eigenvalue weighted by molar-refractivity contribution is 5.71. The van der Waals surface area contributed by atoms with Gasteiger partial charge in [-0.1, -0.05) is 288 Å². The molecule has 0 amide bonds. The van der Waals surface area contributed by atoms with E-state index >= 15 is 0 Å². The Morgan fingerprint density at radius 2 is 0.493 bits per heavy atom. The van der Waals surface area contributed by atoms with Gasteiger partial charge in [0.15, 0.2) is 6.10 Å². The maximum absolute atomic E-state index is 12.9. The molecule has 0 aromatic rings. The molecule has 0 fully saturated rings. The SMILES string of the molecule is CCCCC/C=C\C/C=C\C/C=C\CCCCCCCCC(=O)OC(COC(=O)CCCCCCC/C=C\CCCCCCCC)COC(=O)CCCCCCCCCCCCCCCCCCCCCCC. The summed E-state index contributed by atoms with van der Waals surface area (Å²) in [5, 5.41) is 0. The Balaban J connectivity index is 4.35. The van der Waals surface area contributed by atoms with E-state index in [0.717, 1.165) is 89.9 Å². The van der Waals surface area contributed by atoms with Crippen LogP contribution in [0.4, 0.5) is 0 Å². The van der Waals surface area contributed by atoms with Gasteiger partial charge in [0.2, 0.25) is 0 Å². The van der Waals surface area contributed by atoms with Gasteiger partial charge in [0, 0.05) is 19.3 Å². The Bertz CT molecular complexity index is 1270. The van der Waals surface area contributed by atoms with Crippen LogP contribution in [0.5, 0.6) is 0 Å². The van der Waals surface area contributed by atoms with E-state index in [0.29, 0.717) is 19.3 Å². The molecule has 6 nitrogen and oxygen atoms in total. The zero-order chi connectivity index (χ0) is 52.9. The minimum Gasteiger partial charge on any atom is -0.462 e. The Morgan fingerprint density at radius 1 is 0.274 bits per heavy atom. The minimum atomic E-state index is -0.782. The standard InChI is InChI=1S/C67H122O6/c1-4-7-10-13-16-19-22-25-28-30-32-33-35-36-39-42-45-48-51-54-57-60-66(69)72-63-64(62-71-65(68)59-56-53-50-47-44-41-38-27-24-21-18-15-12-9-6-3)73-67(70)61-58-55-52-49-46-43-40-37-34-31-29-26-23-20-17-14-11-8-5-2/h17,20,26-27,29,34,37-38,64H,4-16,18-19,21-25,28,30-33,35-36,39-63H2,1-3H3/b20-17-,29-26-,37-34-,38-27-. The van der Waals surface area contributed by atoms with Crippen molar-refractivity contribution in [2.45, 2.75) is 348 Å². The van der Waals surface area contributed by atoms with Gasteiger partial charge in [0.1, 0.15) is 13.2 Å². The number of carbonyl (C=O) groups excluding carboxylic acids is 3. The molecule has 0 aliphatic heterocycles. The first kappa shape index (κ1) is 70.4. The molecule has 6 heteroatoms. The highest BCUT2D eigenvalue weighted by Crippen LogP contribution is 2.17. The zero-order valence-corrected chi connectivity index (χ0v) is 48.9. The Hall–Kier alpha value is -2.63. The first-order valence-electron chi connectivity index (χ1n) is 32.1. The van der Waals surface area contributed by atoms with Crippen molar-refractivity contribution in [1.29, 1.82) is 0 Å². The Kier molecular flexibility index (Phi) is 59.7. The summed E-state index contributed by atoms with van der Waals surface area (Å²) in [5.74, 6) is -0.878. The van der Waals surface area contributed by atoms with Crippen LogP contribution in [-0.2, 0) is 28.6 Å². The molecule has 0 heterocycles. The van der Waals surface area contributed by atoms with E-state index in [2.05, 4.69) is 69.4 Å². The van der Waals surface area contributed by atoms with Gasteiger partial charge in [-0.15, -0.1) is 0 Å². The maximum atomic E-state index is 12.9. The third kappa shape index (κ3) is 60.1. The molecule has 0 aromatic heterocycles. The predicted octanol–water partition coefficient (Wildman–Crippen LogP) is 21.8. The predicted molar refractivity (Wildman–Crippen MR) is 316 cm³/mol. The third-order valence-electron chi connectivity index (χ3n) is 14.3. The maximum Gasteiger partial charge on any atom is 0.306 e. The molecule has 0 N–H and O–H groups in total. The van der Waals surface area contributed by atoms with Crippen molar-refractivity contribution in [3.05, 3.63) is 48.6 Å². The van der Waals surface area contributed by atoms with Gasteiger partial charge in [-0.3, -0.25) is 14.4 Å². The largest absolute Gasteiger partial charge is 0.462 e. The average molecular weight is 1020 g/mol. The molecule has 0 bridgehead atoms. The highest BCUT2D eigenvalue weighted by Gasteiger charge is 2.19. The van der Waals surface area contributed by atoms with Crippen molar-refractivity contribution >= 4 is 17.9 Å². The molecule has 1 atom stereocenters. The van der Waals surface area contributed by atoms with Crippen LogP contribution in [0.1, 0.15) is 342 Å². The Morgan fingerprint density at radius 3 is 0.808 bits per heavy atom. The normalized spacial score (nSPS) is 12.3. The van der Waals surface area contributed by atoms with E-state index in [-0.39, 0.29) is 31.1 Å². The van der Waals surface area contributed by atoms with Crippen molar-refractivity contribution in [1.82, 2.24) is 0 Å². The van der Waals surface area contributed by atoms with E-state index in [4.69, 9.17) is 14.2 Å².